The van der Waals surface area contributed by atoms with Crippen LogP contribution in [-0.2, 0) is 37.1 Å². The summed E-state index contributed by atoms with van der Waals surface area (Å²) in [6, 6.07) is 11.8. The number of nitrogens with zero attached hydrogens (tertiary/aromatic N) is 3. The third-order valence-electron chi connectivity index (χ3n) is 6.43. The molecule has 0 saturated carbocycles. The van der Waals surface area contributed by atoms with Crippen molar-refractivity contribution in [1.29, 1.82) is 0 Å². The van der Waals surface area contributed by atoms with E-state index in [-0.39, 0.29) is 4.90 Å². The van der Waals surface area contributed by atoms with Gasteiger partial charge < -0.3 is 10.1 Å². The van der Waals surface area contributed by atoms with Gasteiger partial charge in [0, 0.05) is 35.0 Å². The number of fused-ring (bicyclic) bond motifs is 1. The van der Waals surface area contributed by atoms with Crippen LogP contribution in [0.3, 0.4) is 0 Å². The van der Waals surface area contributed by atoms with Crippen molar-refractivity contribution in [2.75, 3.05) is 31.6 Å². The summed E-state index contributed by atoms with van der Waals surface area (Å²) in [5.74, 6) is 0.776. The Balaban J connectivity index is 1.44. The van der Waals surface area contributed by atoms with Crippen LogP contribution in [0.25, 0.3) is 5.69 Å². The minimum atomic E-state index is -3.65. The fourth-order valence-electron chi connectivity index (χ4n) is 4.29. The summed E-state index contributed by atoms with van der Waals surface area (Å²) in [6.45, 7) is 5.34. The van der Waals surface area contributed by atoms with Crippen molar-refractivity contribution in [3.63, 3.8) is 0 Å². The Bertz CT molecular complexity index is 1420. The predicted octanol–water partition coefficient (Wildman–Crippen LogP) is 2.52. The fourth-order valence-corrected chi connectivity index (χ4v) is 6.96. The van der Waals surface area contributed by atoms with E-state index in [4.69, 9.17) is 4.74 Å². The number of anilines is 1. The summed E-state index contributed by atoms with van der Waals surface area (Å²) in [4.78, 5) is 13.3. The highest BCUT2D eigenvalue weighted by atomic mass is 32.2. The zero-order valence-corrected chi connectivity index (χ0v) is 21.1. The van der Waals surface area contributed by atoms with Crippen LogP contribution in [0, 0.1) is 13.8 Å². The van der Waals surface area contributed by atoms with E-state index in [0.717, 1.165) is 22.4 Å². The summed E-state index contributed by atoms with van der Waals surface area (Å²) >= 11 is 0. The number of amides is 1. The van der Waals surface area contributed by atoms with Gasteiger partial charge in [0.1, 0.15) is 5.82 Å². The average Bonchev–Trinajstić information content (AvgIpc) is 3.38. The molecule has 5 rings (SSSR count). The Hall–Kier alpha value is -2.86. The van der Waals surface area contributed by atoms with Crippen molar-refractivity contribution in [2.24, 2.45) is 0 Å². The summed E-state index contributed by atoms with van der Waals surface area (Å²) in [5, 5.41) is 7.62. The Kier molecular flexibility index (Phi) is 6.34. The number of hydrogen-bond acceptors (Lipinski definition) is 6. The highest BCUT2D eigenvalue weighted by Gasteiger charge is 2.30. The molecular weight excluding hydrogens is 488 g/mol. The summed E-state index contributed by atoms with van der Waals surface area (Å²) in [6.07, 6.45) is 0. The molecule has 0 spiro atoms. The first kappa shape index (κ1) is 23.9. The van der Waals surface area contributed by atoms with Crippen molar-refractivity contribution >= 4 is 32.5 Å². The van der Waals surface area contributed by atoms with Gasteiger partial charge in [-0.25, -0.2) is 13.1 Å². The van der Waals surface area contributed by atoms with Crippen LogP contribution in [0.1, 0.15) is 32.7 Å². The molecule has 0 bridgehead atoms. The van der Waals surface area contributed by atoms with Crippen LogP contribution >= 0.6 is 0 Å². The molecule has 0 radical (unpaired) electrons. The molecule has 2 aliphatic rings. The third-order valence-corrected chi connectivity index (χ3v) is 9.55. The predicted molar refractivity (Wildman–Crippen MR) is 133 cm³/mol. The third kappa shape index (κ3) is 4.44. The molecule has 35 heavy (non-hydrogen) atoms. The zero-order valence-electron chi connectivity index (χ0n) is 19.5. The molecule has 184 valence electrons. The van der Waals surface area contributed by atoms with E-state index >= 15 is 0 Å². The number of morpholine rings is 1. The van der Waals surface area contributed by atoms with E-state index in [1.165, 1.54) is 28.6 Å². The first-order valence-corrected chi connectivity index (χ1v) is 14.2. The van der Waals surface area contributed by atoms with Gasteiger partial charge in [-0.05, 0) is 55.3 Å². The van der Waals surface area contributed by atoms with E-state index in [9.17, 15) is 17.4 Å². The minimum Gasteiger partial charge on any atom is -0.379 e. The summed E-state index contributed by atoms with van der Waals surface area (Å²) in [7, 11) is -4.70. The lowest BCUT2D eigenvalue weighted by molar-refractivity contribution is 0.0730. The van der Waals surface area contributed by atoms with Crippen LogP contribution in [0.15, 0.2) is 47.4 Å². The zero-order chi connectivity index (χ0) is 24.7. The van der Waals surface area contributed by atoms with E-state index in [2.05, 4.69) is 10.4 Å². The molecule has 1 N–H and O–H groups in total. The molecule has 1 fully saturated rings. The number of ether oxygens (including phenoxy) is 1. The Morgan fingerprint density at radius 1 is 1.06 bits per heavy atom. The van der Waals surface area contributed by atoms with Gasteiger partial charge in [-0.1, -0.05) is 12.1 Å². The van der Waals surface area contributed by atoms with E-state index in [0.29, 0.717) is 54.9 Å². The molecule has 3 aromatic rings. The van der Waals surface area contributed by atoms with Crippen LogP contribution in [-0.4, -0.2) is 58.9 Å². The Morgan fingerprint density at radius 2 is 1.77 bits per heavy atom. The number of carbonyl (C=O) groups excluding carboxylic acids is 1. The lowest BCUT2D eigenvalue weighted by Gasteiger charge is -2.26. The topological polar surface area (TPSA) is 111 Å². The van der Waals surface area contributed by atoms with Gasteiger partial charge in [0.25, 0.3) is 5.91 Å². The van der Waals surface area contributed by atoms with Gasteiger partial charge in [0.2, 0.25) is 10.0 Å². The molecular formula is C24H26N4O5S2. The van der Waals surface area contributed by atoms with Gasteiger partial charge in [0.05, 0.1) is 41.0 Å². The van der Waals surface area contributed by atoms with Crippen LogP contribution < -0.4 is 5.32 Å². The lowest BCUT2D eigenvalue weighted by atomic mass is 10.1. The number of sulfonamides is 1. The van der Waals surface area contributed by atoms with Gasteiger partial charge in [-0.15, -0.1) is 0 Å². The second-order valence-corrected chi connectivity index (χ2v) is 12.0. The molecule has 2 aromatic carbocycles. The highest BCUT2D eigenvalue weighted by Crippen LogP contribution is 2.33. The van der Waals surface area contributed by atoms with Gasteiger partial charge in [-0.2, -0.15) is 9.40 Å². The van der Waals surface area contributed by atoms with Crippen LogP contribution in [0.4, 0.5) is 5.82 Å². The largest absolute Gasteiger partial charge is 0.379 e. The monoisotopic (exact) mass is 514 g/mol. The molecule has 11 heteroatoms. The molecule has 3 heterocycles. The molecule has 2 aliphatic heterocycles. The SMILES string of the molecule is Cc1cccc(-n2nc3c(c2NC(=O)c2ccc(S(=O)(=O)N4CCOCC4)cc2)C[S@](=O)C3)c1C. The van der Waals surface area contributed by atoms with Crippen LogP contribution in [0.2, 0.25) is 0 Å². The number of benzene rings is 2. The maximum Gasteiger partial charge on any atom is 0.256 e. The van der Waals surface area contributed by atoms with Crippen molar-refractivity contribution in [3.05, 3.63) is 70.4 Å². The van der Waals surface area contributed by atoms with E-state index in [1.54, 1.807) is 4.68 Å². The maximum atomic E-state index is 13.2. The smallest absolute Gasteiger partial charge is 0.256 e. The second-order valence-electron chi connectivity index (χ2n) is 8.63. The maximum absolute atomic E-state index is 13.2. The van der Waals surface area contributed by atoms with E-state index < -0.39 is 26.7 Å². The van der Waals surface area contributed by atoms with Crippen molar-refractivity contribution in [3.8, 4) is 5.69 Å². The van der Waals surface area contributed by atoms with Crippen molar-refractivity contribution in [1.82, 2.24) is 14.1 Å². The summed E-state index contributed by atoms with van der Waals surface area (Å²) in [5.41, 5.74) is 4.76. The number of rotatable bonds is 5. The molecule has 1 saturated heterocycles. The highest BCUT2D eigenvalue weighted by molar-refractivity contribution is 7.89. The minimum absolute atomic E-state index is 0.132. The first-order chi connectivity index (χ1) is 16.8. The number of nitrogens with one attached hydrogen (secondary N) is 1. The van der Waals surface area contributed by atoms with Crippen molar-refractivity contribution < 1.29 is 22.2 Å². The second kappa shape index (κ2) is 9.30. The van der Waals surface area contributed by atoms with Gasteiger partial charge in [-0.3, -0.25) is 9.00 Å². The number of hydrogen-bond donors (Lipinski definition) is 1. The molecule has 9 nitrogen and oxygen atoms in total. The Morgan fingerprint density at radius 3 is 2.49 bits per heavy atom. The number of carbonyl (C=O) groups is 1. The Labute approximate surface area is 206 Å². The molecule has 0 aliphatic carbocycles. The molecule has 1 amide bonds. The molecule has 0 unspecified atom stereocenters. The van der Waals surface area contributed by atoms with Crippen molar-refractivity contribution in [2.45, 2.75) is 30.2 Å². The standard InChI is InChI=1S/C24H26N4O5S2/c1-16-4-3-5-22(17(16)2)28-23(20-14-34(30)15-21(20)26-28)25-24(29)18-6-8-19(9-7-18)35(31,32)27-10-12-33-13-11-27/h3-9H,10-15H2,1-2H3,(H,25,29)/t34-/m0/s1. The van der Waals surface area contributed by atoms with Crippen LogP contribution in [0.5, 0.6) is 0 Å². The van der Waals surface area contributed by atoms with E-state index in [1.807, 2.05) is 32.0 Å². The number of aromatic nitrogens is 2. The van der Waals surface area contributed by atoms with Gasteiger partial charge in [0.15, 0.2) is 0 Å². The first-order valence-electron chi connectivity index (χ1n) is 11.3. The lowest BCUT2D eigenvalue weighted by Crippen LogP contribution is -2.40. The normalized spacial score (nSPS) is 18.4. The van der Waals surface area contributed by atoms with Gasteiger partial charge >= 0.3 is 0 Å². The molecule has 1 atom stereocenters. The quantitative estimate of drug-likeness (QED) is 0.560. The molecule has 1 aromatic heterocycles. The average molecular weight is 515 g/mol. The number of aryl methyl sites for hydroxylation is 1. The fraction of sp³-hybridized carbons (Fsp3) is 0.333. The summed E-state index contributed by atoms with van der Waals surface area (Å²) < 4.78 is 46.3.